The van der Waals surface area contributed by atoms with Crippen LogP contribution in [0.15, 0.2) is 59.1 Å². The molecule has 4 rings (SSSR count). The number of nitrogens with one attached hydrogen (secondary N) is 1. The maximum absolute atomic E-state index is 12.4. The molecule has 0 saturated heterocycles. The lowest BCUT2D eigenvalue weighted by Gasteiger charge is -2.21. The van der Waals surface area contributed by atoms with E-state index in [1.165, 1.54) is 37.7 Å². The van der Waals surface area contributed by atoms with Crippen molar-refractivity contribution in [3.05, 3.63) is 77.0 Å². The molecule has 2 aromatic carbocycles. The van der Waals surface area contributed by atoms with Crippen molar-refractivity contribution in [2.24, 2.45) is 0 Å². The molecule has 0 aliphatic heterocycles. The summed E-state index contributed by atoms with van der Waals surface area (Å²) >= 11 is 0. The van der Waals surface area contributed by atoms with Crippen molar-refractivity contribution >= 4 is 5.91 Å². The van der Waals surface area contributed by atoms with Gasteiger partial charge in [0, 0.05) is 18.2 Å². The zero-order valence-electron chi connectivity index (χ0n) is 16.3. The first-order chi connectivity index (χ1) is 13.7. The second-order valence-corrected chi connectivity index (χ2v) is 7.64. The van der Waals surface area contributed by atoms with Gasteiger partial charge in [0.1, 0.15) is 0 Å². The molecule has 0 radical (unpaired) electrons. The Morgan fingerprint density at radius 1 is 1.07 bits per heavy atom. The van der Waals surface area contributed by atoms with Crippen molar-refractivity contribution in [3.8, 4) is 11.3 Å². The van der Waals surface area contributed by atoms with Gasteiger partial charge in [0.05, 0.1) is 0 Å². The number of benzene rings is 2. The molecule has 1 amide bonds. The highest BCUT2D eigenvalue weighted by Crippen LogP contribution is 2.33. The van der Waals surface area contributed by atoms with E-state index in [9.17, 15) is 4.79 Å². The minimum Gasteiger partial charge on any atom is -0.355 e. The van der Waals surface area contributed by atoms with Gasteiger partial charge in [0.25, 0.3) is 5.91 Å². The molecule has 1 aliphatic carbocycles. The Morgan fingerprint density at radius 3 is 2.57 bits per heavy atom. The third-order valence-electron chi connectivity index (χ3n) is 5.72. The summed E-state index contributed by atoms with van der Waals surface area (Å²) in [5.41, 5.74) is 4.91. The molecule has 1 heterocycles. The first-order valence-corrected chi connectivity index (χ1v) is 10.1. The van der Waals surface area contributed by atoms with Gasteiger partial charge in [0.2, 0.25) is 0 Å². The van der Waals surface area contributed by atoms with Crippen molar-refractivity contribution in [2.75, 3.05) is 0 Å². The van der Waals surface area contributed by atoms with Crippen LogP contribution in [0.1, 0.15) is 65.2 Å². The van der Waals surface area contributed by atoms with Gasteiger partial charge in [-0.25, -0.2) is 0 Å². The van der Waals surface area contributed by atoms with Crippen LogP contribution in [0.4, 0.5) is 0 Å². The van der Waals surface area contributed by atoms with Gasteiger partial charge < -0.3 is 9.84 Å². The molecule has 28 heavy (non-hydrogen) atoms. The van der Waals surface area contributed by atoms with Gasteiger partial charge in [-0.3, -0.25) is 4.79 Å². The highest BCUT2D eigenvalue weighted by Gasteiger charge is 2.17. The number of nitrogens with zero attached hydrogens (tertiary/aromatic N) is 1. The van der Waals surface area contributed by atoms with E-state index in [0.717, 1.165) is 16.7 Å². The lowest BCUT2D eigenvalue weighted by atomic mass is 9.84. The van der Waals surface area contributed by atoms with Gasteiger partial charge >= 0.3 is 0 Å². The number of carbonyl (C=O) groups is 1. The number of carbonyl (C=O) groups excluding carboxylic acids is 1. The molecular formula is C24H26N2O2. The van der Waals surface area contributed by atoms with Gasteiger partial charge in [-0.1, -0.05) is 73.0 Å². The number of hydrogen-bond donors (Lipinski definition) is 1. The van der Waals surface area contributed by atoms with Crippen molar-refractivity contribution in [1.29, 1.82) is 0 Å². The number of hydrogen-bond acceptors (Lipinski definition) is 3. The van der Waals surface area contributed by atoms with E-state index in [1.807, 2.05) is 31.2 Å². The third kappa shape index (κ3) is 4.16. The summed E-state index contributed by atoms with van der Waals surface area (Å²) in [5, 5.41) is 6.86. The Kier molecular flexibility index (Phi) is 5.56. The number of aromatic nitrogens is 1. The zero-order chi connectivity index (χ0) is 19.3. The fourth-order valence-corrected chi connectivity index (χ4v) is 3.95. The molecule has 3 aromatic rings. The largest absolute Gasteiger partial charge is 0.355 e. The Labute approximate surface area is 166 Å². The zero-order valence-corrected chi connectivity index (χ0v) is 16.3. The Morgan fingerprint density at radius 2 is 1.82 bits per heavy atom. The molecule has 1 aromatic heterocycles. The molecule has 144 valence electrons. The van der Waals surface area contributed by atoms with E-state index in [2.05, 4.69) is 34.7 Å². The summed E-state index contributed by atoms with van der Waals surface area (Å²) < 4.78 is 5.42. The minimum absolute atomic E-state index is 0.225. The summed E-state index contributed by atoms with van der Waals surface area (Å²) in [4.78, 5) is 12.4. The van der Waals surface area contributed by atoms with E-state index in [1.54, 1.807) is 6.07 Å². The van der Waals surface area contributed by atoms with Gasteiger partial charge in [-0.2, -0.15) is 0 Å². The second-order valence-electron chi connectivity index (χ2n) is 7.64. The summed E-state index contributed by atoms with van der Waals surface area (Å²) in [6.07, 6.45) is 6.59. The van der Waals surface area contributed by atoms with Crippen LogP contribution in [0.5, 0.6) is 0 Å². The van der Waals surface area contributed by atoms with E-state index >= 15 is 0 Å². The summed E-state index contributed by atoms with van der Waals surface area (Å²) in [7, 11) is 0. The maximum atomic E-state index is 12.4. The van der Waals surface area contributed by atoms with E-state index < -0.39 is 0 Å². The van der Waals surface area contributed by atoms with Gasteiger partial charge in [0.15, 0.2) is 11.5 Å². The van der Waals surface area contributed by atoms with Crippen LogP contribution in [-0.4, -0.2) is 11.1 Å². The molecule has 1 fully saturated rings. The fourth-order valence-electron chi connectivity index (χ4n) is 3.95. The van der Waals surface area contributed by atoms with Crippen LogP contribution in [0, 0.1) is 6.92 Å². The molecule has 0 bridgehead atoms. The highest BCUT2D eigenvalue weighted by atomic mass is 16.5. The summed E-state index contributed by atoms with van der Waals surface area (Å²) in [6.45, 7) is 2.51. The topological polar surface area (TPSA) is 55.1 Å². The lowest BCUT2D eigenvalue weighted by Crippen LogP contribution is -2.23. The standard InChI is InChI=1S/C24H26N2O2/c1-17-7-5-6-10-21(17)16-25-24(27)22-15-23(28-26-22)20-13-11-19(12-14-20)18-8-3-2-4-9-18/h5-7,10-15,18H,2-4,8-9,16H2,1H3,(H,25,27). The average Bonchev–Trinajstić information content (AvgIpc) is 3.24. The number of amides is 1. The molecule has 1 saturated carbocycles. The summed E-state index contributed by atoms with van der Waals surface area (Å²) in [6, 6.07) is 18.2. The van der Waals surface area contributed by atoms with E-state index in [4.69, 9.17) is 4.52 Å². The molecule has 0 unspecified atom stereocenters. The normalized spacial score (nSPS) is 14.8. The second kappa shape index (κ2) is 8.42. The van der Waals surface area contributed by atoms with Crippen molar-refractivity contribution in [1.82, 2.24) is 10.5 Å². The van der Waals surface area contributed by atoms with Crippen LogP contribution in [0.3, 0.4) is 0 Å². The van der Waals surface area contributed by atoms with Crippen LogP contribution < -0.4 is 5.32 Å². The van der Waals surface area contributed by atoms with Crippen LogP contribution in [0.2, 0.25) is 0 Å². The minimum atomic E-state index is -0.225. The smallest absolute Gasteiger partial charge is 0.273 e. The quantitative estimate of drug-likeness (QED) is 0.630. The Hall–Kier alpha value is -2.88. The molecule has 1 aliphatic rings. The molecule has 0 spiro atoms. The number of aryl methyl sites for hydroxylation is 1. The highest BCUT2D eigenvalue weighted by molar-refractivity contribution is 5.93. The van der Waals surface area contributed by atoms with Crippen LogP contribution >= 0.6 is 0 Å². The SMILES string of the molecule is Cc1ccccc1CNC(=O)c1cc(-c2ccc(C3CCCCC3)cc2)on1. The monoisotopic (exact) mass is 374 g/mol. The van der Waals surface area contributed by atoms with Gasteiger partial charge in [-0.05, 0) is 42.4 Å². The predicted molar refractivity (Wildman–Crippen MR) is 110 cm³/mol. The molecule has 0 atom stereocenters. The Balaban J connectivity index is 1.40. The fraction of sp³-hybridized carbons (Fsp3) is 0.333. The molecule has 1 N–H and O–H groups in total. The third-order valence-corrected chi connectivity index (χ3v) is 5.72. The summed E-state index contributed by atoms with van der Waals surface area (Å²) in [5.74, 6) is 1.08. The maximum Gasteiger partial charge on any atom is 0.273 e. The van der Waals surface area contributed by atoms with Crippen molar-refractivity contribution in [3.63, 3.8) is 0 Å². The van der Waals surface area contributed by atoms with Crippen LogP contribution in [0.25, 0.3) is 11.3 Å². The molecule has 4 nitrogen and oxygen atoms in total. The van der Waals surface area contributed by atoms with E-state index in [-0.39, 0.29) is 5.91 Å². The molecule has 4 heteroatoms. The van der Waals surface area contributed by atoms with E-state index in [0.29, 0.717) is 23.9 Å². The van der Waals surface area contributed by atoms with Gasteiger partial charge in [-0.15, -0.1) is 0 Å². The van der Waals surface area contributed by atoms with Crippen LogP contribution in [-0.2, 0) is 6.54 Å². The first kappa shape index (κ1) is 18.5. The van der Waals surface area contributed by atoms with Crippen molar-refractivity contribution < 1.29 is 9.32 Å². The predicted octanol–water partition coefficient (Wildman–Crippen LogP) is 5.63. The lowest BCUT2D eigenvalue weighted by molar-refractivity contribution is 0.0942. The van der Waals surface area contributed by atoms with Crippen molar-refractivity contribution in [2.45, 2.75) is 51.5 Å². The molecular weight excluding hydrogens is 348 g/mol. The average molecular weight is 374 g/mol. The Bertz CT molecular complexity index is 937. The number of rotatable bonds is 5. The first-order valence-electron chi connectivity index (χ1n) is 10.1.